The van der Waals surface area contributed by atoms with Gasteiger partial charge in [-0.25, -0.2) is 0 Å². The Balaban J connectivity index is 1.23. The van der Waals surface area contributed by atoms with E-state index in [4.69, 9.17) is 23.2 Å². The van der Waals surface area contributed by atoms with Crippen molar-refractivity contribution in [3.63, 3.8) is 0 Å². The molecule has 0 spiro atoms. The zero-order chi connectivity index (χ0) is 23.1. The second-order valence-corrected chi connectivity index (χ2v) is 9.95. The van der Waals surface area contributed by atoms with Crippen LogP contribution in [-0.4, -0.2) is 46.7 Å². The van der Waals surface area contributed by atoms with Crippen molar-refractivity contribution in [2.75, 3.05) is 13.1 Å². The Kier molecular flexibility index (Phi) is 6.16. The monoisotopic (exact) mass is 485 g/mol. The number of piperidine rings is 2. The molecule has 3 aliphatic heterocycles. The minimum absolute atomic E-state index is 0.126. The van der Waals surface area contributed by atoms with Crippen molar-refractivity contribution < 1.29 is 14.4 Å². The molecule has 0 radical (unpaired) electrons. The molecule has 6 nitrogen and oxygen atoms in total. The average Bonchev–Trinajstić information content (AvgIpc) is 3.12. The lowest BCUT2D eigenvalue weighted by Gasteiger charge is -2.32. The van der Waals surface area contributed by atoms with E-state index in [1.54, 1.807) is 11.0 Å². The summed E-state index contributed by atoms with van der Waals surface area (Å²) in [6, 6.07) is 11.1. The molecule has 8 heteroatoms. The summed E-state index contributed by atoms with van der Waals surface area (Å²) in [5, 5.41) is 3.79. The van der Waals surface area contributed by atoms with Crippen LogP contribution in [0.1, 0.15) is 58.6 Å². The zero-order valence-electron chi connectivity index (χ0n) is 18.2. The predicted octanol–water partition coefficient (Wildman–Crippen LogP) is 4.13. The van der Waals surface area contributed by atoms with Crippen LogP contribution in [0.4, 0.5) is 0 Å². The molecule has 0 saturated carbocycles. The van der Waals surface area contributed by atoms with Crippen LogP contribution < -0.4 is 5.32 Å². The molecule has 0 aromatic heterocycles. The highest BCUT2D eigenvalue weighted by molar-refractivity contribution is 6.33. The maximum absolute atomic E-state index is 12.9. The molecule has 33 heavy (non-hydrogen) atoms. The van der Waals surface area contributed by atoms with E-state index in [0.717, 1.165) is 48.6 Å². The minimum Gasteiger partial charge on any atom is -0.322 e. The molecule has 2 fully saturated rings. The molecule has 3 amide bonds. The van der Waals surface area contributed by atoms with Gasteiger partial charge in [0, 0.05) is 35.1 Å². The third-order valence-corrected chi connectivity index (χ3v) is 7.61. The van der Waals surface area contributed by atoms with Gasteiger partial charge in [0.1, 0.15) is 6.04 Å². The quantitative estimate of drug-likeness (QED) is 0.660. The number of hydrogen-bond donors (Lipinski definition) is 1. The first-order chi connectivity index (χ1) is 15.9. The second kappa shape index (κ2) is 9.09. The molecule has 172 valence electrons. The van der Waals surface area contributed by atoms with E-state index >= 15 is 0 Å². The molecule has 2 aromatic rings. The average molecular weight is 486 g/mol. The van der Waals surface area contributed by atoms with Crippen LogP contribution in [0.25, 0.3) is 0 Å². The van der Waals surface area contributed by atoms with Crippen molar-refractivity contribution in [1.29, 1.82) is 0 Å². The van der Waals surface area contributed by atoms with Gasteiger partial charge in [-0.3, -0.25) is 24.6 Å². The van der Waals surface area contributed by atoms with Crippen molar-refractivity contribution in [3.05, 3.63) is 68.7 Å². The summed E-state index contributed by atoms with van der Waals surface area (Å²) in [6.07, 6.45) is 2.71. The Bertz CT molecular complexity index is 1130. The molecule has 2 saturated heterocycles. The number of benzene rings is 2. The van der Waals surface area contributed by atoms with Gasteiger partial charge in [-0.15, -0.1) is 0 Å². The molecular formula is C25H25Cl2N3O3. The van der Waals surface area contributed by atoms with E-state index in [1.807, 2.05) is 18.2 Å². The maximum atomic E-state index is 12.9. The number of rotatable bonds is 4. The lowest BCUT2D eigenvalue weighted by molar-refractivity contribution is -0.136. The smallest absolute Gasteiger partial charge is 0.255 e. The highest BCUT2D eigenvalue weighted by atomic mass is 35.5. The van der Waals surface area contributed by atoms with Crippen LogP contribution in [0.5, 0.6) is 0 Å². The molecule has 3 heterocycles. The Hall–Kier alpha value is -2.41. The molecule has 2 aromatic carbocycles. The summed E-state index contributed by atoms with van der Waals surface area (Å²) in [6.45, 7) is 3.13. The fourth-order valence-electron chi connectivity index (χ4n) is 5.18. The van der Waals surface area contributed by atoms with Gasteiger partial charge in [-0.05, 0) is 79.2 Å². The van der Waals surface area contributed by atoms with Gasteiger partial charge in [-0.1, -0.05) is 35.3 Å². The van der Waals surface area contributed by atoms with Crippen molar-refractivity contribution >= 4 is 40.9 Å². The van der Waals surface area contributed by atoms with Crippen molar-refractivity contribution in [3.8, 4) is 0 Å². The van der Waals surface area contributed by atoms with Crippen LogP contribution in [0.15, 0.2) is 36.4 Å². The summed E-state index contributed by atoms with van der Waals surface area (Å²) in [5.41, 5.74) is 3.92. The molecule has 5 rings (SSSR count). The number of halogens is 2. The molecule has 1 unspecified atom stereocenters. The Morgan fingerprint density at radius 2 is 1.76 bits per heavy atom. The molecular weight excluding hydrogens is 461 g/mol. The Morgan fingerprint density at radius 1 is 0.970 bits per heavy atom. The van der Waals surface area contributed by atoms with Gasteiger partial charge in [0.05, 0.1) is 0 Å². The topological polar surface area (TPSA) is 69.7 Å². The number of nitrogens with zero attached hydrogens (tertiary/aromatic N) is 2. The van der Waals surface area contributed by atoms with E-state index in [9.17, 15) is 14.4 Å². The number of hydrogen-bond acceptors (Lipinski definition) is 4. The van der Waals surface area contributed by atoms with Crippen LogP contribution >= 0.6 is 23.2 Å². The summed E-state index contributed by atoms with van der Waals surface area (Å²) in [7, 11) is 0. The van der Waals surface area contributed by atoms with Gasteiger partial charge in [-0.2, -0.15) is 0 Å². The molecule has 1 N–H and O–H groups in total. The van der Waals surface area contributed by atoms with Crippen LogP contribution in [-0.2, 0) is 22.7 Å². The normalized spacial score (nSPS) is 21.9. The van der Waals surface area contributed by atoms with Gasteiger partial charge < -0.3 is 4.90 Å². The summed E-state index contributed by atoms with van der Waals surface area (Å²) in [5.74, 6) is -0.341. The first-order valence-corrected chi connectivity index (χ1v) is 12.1. The van der Waals surface area contributed by atoms with Crippen LogP contribution in [0, 0.1) is 0 Å². The molecule has 1 atom stereocenters. The van der Waals surface area contributed by atoms with Gasteiger partial charge >= 0.3 is 0 Å². The highest BCUT2D eigenvalue weighted by Gasteiger charge is 2.39. The van der Waals surface area contributed by atoms with Gasteiger partial charge in [0.2, 0.25) is 11.8 Å². The predicted molar refractivity (Wildman–Crippen MR) is 126 cm³/mol. The molecule has 0 bridgehead atoms. The van der Waals surface area contributed by atoms with E-state index < -0.39 is 6.04 Å². The van der Waals surface area contributed by atoms with E-state index in [0.29, 0.717) is 29.5 Å². The number of carbonyl (C=O) groups excluding carboxylic acids is 3. The Labute approximate surface area is 202 Å². The number of fused-ring (bicyclic) bond motifs is 1. The number of carbonyl (C=O) groups is 3. The van der Waals surface area contributed by atoms with Crippen molar-refractivity contribution in [2.24, 2.45) is 0 Å². The maximum Gasteiger partial charge on any atom is 0.255 e. The number of amides is 3. The van der Waals surface area contributed by atoms with E-state index in [-0.39, 0.29) is 24.1 Å². The number of likely N-dealkylation sites (tertiary alicyclic amines) is 1. The third-order valence-electron chi connectivity index (χ3n) is 7.01. The lowest BCUT2D eigenvalue weighted by atomic mass is 9.87. The molecule has 3 aliphatic rings. The first kappa shape index (κ1) is 22.4. The molecule has 0 aliphatic carbocycles. The summed E-state index contributed by atoms with van der Waals surface area (Å²) < 4.78 is 0. The highest BCUT2D eigenvalue weighted by Crippen LogP contribution is 2.34. The van der Waals surface area contributed by atoms with Gasteiger partial charge in [0.15, 0.2) is 0 Å². The largest absolute Gasteiger partial charge is 0.322 e. The van der Waals surface area contributed by atoms with Crippen molar-refractivity contribution in [1.82, 2.24) is 15.1 Å². The van der Waals surface area contributed by atoms with Crippen LogP contribution in [0.2, 0.25) is 10.0 Å². The number of nitrogens with one attached hydrogen (secondary N) is 1. The number of imide groups is 1. The van der Waals surface area contributed by atoms with E-state index in [1.165, 1.54) is 5.56 Å². The fourth-order valence-corrected chi connectivity index (χ4v) is 5.55. The SMILES string of the molecule is O=C1CCC(N2Cc3cc(C4CCN(Cc5cc(Cl)ccc5Cl)CC4)ccc3C2=O)C(=O)N1. The van der Waals surface area contributed by atoms with E-state index in [2.05, 4.69) is 22.3 Å². The standard InChI is InChI=1S/C25H25Cl2N3O3/c26-19-2-4-21(27)18(12-19)13-29-9-7-15(8-10-29)16-1-3-20-17(11-16)14-30(25(20)33)22-5-6-23(31)28-24(22)32/h1-4,11-12,15,22H,5-10,13-14H2,(H,28,31,32). The third kappa shape index (κ3) is 4.52. The lowest BCUT2D eigenvalue weighted by Crippen LogP contribution is -2.52. The minimum atomic E-state index is -0.576. The van der Waals surface area contributed by atoms with Crippen LogP contribution in [0.3, 0.4) is 0 Å². The second-order valence-electron chi connectivity index (χ2n) is 9.10. The zero-order valence-corrected chi connectivity index (χ0v) is 19.7. The summed E-state index contributed by atoms with van der Waals surface area (Å²) in [4.78, 5) is 40.6. The Morgan fingerprint density at radius 3 is 2.52 bits per heavy atom. The van der Waals surface area contributed by atoms with Crippen molar-refractivity contribution in [2.45, 2.75) is 50.7 Å². The first-order valence-electron chi connectivity index (χ1n) is 11.3. The fraction of sp³-hybridized carbons (Fsp3) is 0.400. The summed E-state index contributed by atoms with van der Waals surface area (Å²) >= 11 is 12.5. The van der Waals surface area contributed by atoms with Gasteiger partial charge in [0.25, 0.3) is 5.91 Å².